The monoisotopic (exact) mass is 439 g/mol. The van der Waals surface area contributed by atoms with Crippen LogP contribution in [0.3, 0.4) is 0 Å². The fraction of sp³-hybridized carbons (Fsp3) is 0.684. The van der Waals surface area contributed by atoms with Crippen LogP contribution in [0, 0.1) is 0 Å². The molecule has 0 aliphatic heterocycles. The molecule has 1 rings (SSSR count). The van der Waals surface area contributed by atoms with Crippen LogP contribution in [0.15, 0.2) is 12.1 Å². The van der Waals surface area contributed by atoms with Gasteiger partial charge in [-0.1, -0.05) is 0 Å². The normalized spacial score (nSPS) is 11.6. The van der Waals surface area contributed by atoms with Gasteiger partial charge in [0, 0.05) is 0 Å². The first-order valence-corrected chi connectivity index (χ1v) is 12.2. The average Bonchev–Trinajstić information content (AvgIpc) is 2.57. The molecule has 0 aliphatic carbocycles. The van der Waals surface area contributed by atoms with Crippen LogP contribution < -0.4 is 15.2 Å². The second-order valence-corrected chi connectivity index (χ2v) is 11.9. The molecule has 1 aromatic heterocycles. The number of hydrogen-bond acceptors (Lipinski definition) is 3. The number of nitrogens with two attached hydrogens (primary N) is 2. The molecule has 0 atom stereocenters. The van der Waals surface area contributed by atoms with Crippen molar-refractivity contribution in [2.45, 2.75) is 82.0 Å². The van der Waals surface area contributed by atoms with Crippen molar-refractivity contribution in [2.24, 2.45) is 5.73 Å². The number of nitrogens with zero attached hydrogens (tertiary/aromatic N) is 1. The molecular weight excluding hydrogens is 405 g/mol. The van der Waals surface area contributed by atoms with E-state index in [0.29, 0.717) is 9.12 Å². The Bertz CT molecular complexity index is 498. The van der Waals surface area contributed by atoms with Gasteiger partial charge in [-0.3, -0.25) is 0 Å². The molecule has 4 nitrogen and oxygen atoms in total. The Morgan fingerprint density at radius 1 is 1.04 bits per heavy atom. The van der Waals surface area contributed by atoms with E-state index in [1.54, 1.807) is 0 Å². The zero-order valence-corrected chi connectivity index (χ0v) is 18.4. The third kappa shape index (κ3) is 6.61. The van der Waals surface area contributed by atoms with Crippen LogP contribution in [-0.2, 0) is 0 Å². The number of pyridine rings is 1. The number of unbranched alkanes of at least 4 members (excludes halogenated alkanes) is 3. The van der Waals surface area contributed by atoms with E-state index < -0.39 is 27.0 Å². The van der Waals surface area contributed by atoms with Crippen molar-refractivity contribution >= 4 is 36.4 Å². The summed E-state index contributed by atoms with van der Waals surface area (Å²) in [6.45, 7) is 6.80. The van der Waals surface area contributed by atoms with Gasteiger partial charge < -0.3 is 0 Å². The number of anilines is 1. The van der Waals surface area contributed by atoms with Gasteiger partial charge in [0.2, 0.25) is 0 Å². The van der Waals surface area contributed by atoms with E-state index in [1.165, 1.54) is 57.8 Å². The summed E-state index contributed by atoms with van der Waals surface area (Å²) in [5.74, 6) is -0.519. The zero-order valence-electron chi connectivity index (χ0n) is 15.5. The first kappa shape index (κ1) is 21.3. The number of aromatic nitrogens is 1. The summed E-state index contributed by atoms with van der Waals surface area (Å²) in [7, 11) is 0. The van der Waals surface area contributed by atoms with Gasteiger partial charge >= 0.3 is 158 Å². The molecule has 0 aliphatic rings. The fourth-order valence-corrected chi connectivity index (χ4v) is 8.21. The number of nitrogen functional groups attached to an aromatic ring is 1. The van der Waals surface area contributed by atoms with Crippen LogP contribution in [-0.4, -0.2) is 32.0 Å². The molecule has 4 N–H and O–H groups in total. The molecule has 134 valence electrons. The summed E-state index contributed by atoms with van der Waals surface area (Å²) in [6, 6.07) is 3.85. The summed E-state index contributed by atoms with van der Waals surface area (Å²) in [5, 5.41) is 0. The number of hydrogen-bond donors (Lipinski definition) is 2. The van der Waals surface area contributed by atoms with Crippen molar-refractivity contribution in [2.75, 3.05) is 5.73 Å². The molecule has 24 heavy (non-hydrogen) atoms. The third-order valence-electron chi connectivity index (χ3n) is 4.58. The van der Waals surface area contributed by atoms with E-state index in [0.717, 1.165) is 3.71 Å². The van der Waals surface area contributed by atoms with Gasteiger partial charge in [0.1, 0.15) is 0 Å². The molecule has 1 amide bonds. The van der Waals surface area contributed by atoms with Crippen LogP contribution >= 0.6 is 0 Å². The van der Waals surface area contributed by atoms with Crippen molar-refractivity contribution in [3.05, 3.63) is 17.8 Å². The van der Waals surface area contributed by atoms with Gasteiger partial charge in [-0.15, -0.1) is 0 Å². The molecule has 0 spiro atoms. The fourth-order valence-electron chi connectivity index (χ4n) is 3.12. The Kier molecular flexibility index (Phi) is 9.70. The zero-order chi connectivity index (χ0) is 18.0. The molecule has 1 heterocycles. The molecule has 0 unspecified atom stereocenters. The van der Waals surface area contributed by atoms with Crippen LogP contribution in [0.1, 0.15) is 89.0 Å². The second kappa shape index (κ2) is 11.0. The van der Waals surface area contributed by atoms with Gasteiger partial charge in [-0.25, -0.2) is 0 Å². The quantitative estimate of drug-likeness (QED) is 0.487. The summed E-state index contributed by atoms with van der Waals surface area (Å²) in [5.41, 5.74) is 11.9. The molecule has 0 saturated heterocycles. The van der Waals surface area contributed by atoms with Crippen molar-refractivity contribution in [1.29, 1.82) is 0 Å². The van der Waals surface area contributed by atoms with Gasteiger partial charge in [0.15, 0.2) is 0 Å². The Hall–Kier alpha value is -0.781. The topological polar surface area (TPSA) is 82.0 Å². The van der Waals surface area contributed by atoms with E-state index >= 15 is 0 Å². The maximum atomic E-state index is 11.6. The van der Waals surface area contributed by atoms with E-state index in [4.69, 9.17) is 11.5 Å². The molecule has 0 bridgehead atoms. The van der Waals surface area contributed by atoms with E-state index in [9.17, 15) is 4.79 Å². The first-order chi connectivity index (χ1) is 11.5. The Balaban J connectivity index is 3.07. The SMILES string of the molecule is CCCC[C](CCCC)(CCCC)[Sn][c]1ccc(N)c(C(N)=O)n1. The molecular formula is C19H33N3OSn. The second-order valence-electron chi connectivity index (χ2n) is 6.71. The summed E-state index contributed by atoms with van der Waals surface area (Å²) < 4.78 is 1.56. The number of primary amides is 1. The Morgan fingerprint density at radius 2 is 1.54 bits per heavy atom. The summed E-state index contributed by atoms with van der Waals surface area (Å²) in [4.78, 5) is 16.1. The predicted molar refractivity (Wildman–Crippen MR) is 104 cm³/mol. The summed E-state index contributed by atoms with van der Waals surface area (Å²) >= 11 is -0.949. The Labute approximate surface area is 157 Å². The minimum atomic E-state index is -0.949. The van der Waals surface area contributed by atoms with Gasteiger partial charge in [-0.05, 0) is 0 Å². The van der Waals surface area contributed by atoms with Crippen molar-refractivity contribution in [3.8, 4) is 0 Å². The van der Waals surface area contributed by atoms with E-state index in [-0.39, 0.29) is 5.69 Å². The van der Waals surface area contributed by atoms with Gasteiger partial charge in [0.05, 0.1) is 0 Å². The number of carbonyl (C=O) groups is 1. The van der Waals surface area contributed by atoms with Gasteiger partial charge in [-0.2, -0.15) is 0 Å². The van der Waals surface area contributed by atoms with Gasteiger partial charge in [0.25, 0.3) is 0 Å². The first-order valence-electron chi connectivity index (χ1n) is 9.32. The molecule has 5 heteroatoms. The molecule has 0 aromatic carbocycles. The molecule has 2 radical (unpaired) electrons. The average molecular weight is 438 g/mol. The van der Waals surface area contributed by atoms with Crippen LogP contribution in [0.4, 0.5) is 5.69 Å². The van der Waals surface area contributed by atoms with Crippen molar-refractivity contribution in [3.63, 3.8) is 0 Å². The van der Waals surface area contributed by atoms with Crippen LogP contribution in [0.5, 0.6) is 0 Å². The molecule has 0 fully saturated rings. The molecule has 0 saturated carbocycles. The van der Waals surface area contributed by atoms with Crippen molar-refractivity contribution in [1.82, 2.24) is 4.98 Å². The Morgan fingerprint density at radius 3 is 1.96 bits per heavy atom. The molecule has 1 aromatic rings. The van der Waals surface area contributed by atoms with Crippen LogP contribution in [0.25, 0.3) is 0 Å². The third-order valence-corrected chi connectivity index (χ3v) is 9.76. The standard InChI is InChI=1S/C13H27.C6H6N3O.Sn/c1-4-7-10-13(11-8-5-2)12-9-6-3;7-4-2-1-3-9-5(4)6(8)10;/h4-12H2,1-3H3;1-2H,7H2,(H2,8,10);. The minimum absolute atomic E-state index is 0.253. The number of rotatable bonds is 12. The van der Waals surface area contributed by atoms with E-state index in [2.05, 4.69) is 25.8 Å². The predicted octanol–water partition coefficient (Wildman–Crippen LogP) is 3.82. The number of amides is 1. The van der Waals surface area contributed by atoms with Crippen LogP contribution in [0.2, 0.25) is 3.43 Å². The van der Waals surface area contributed by atoms with Crippen molar-refractivity contribution < 1.29 is 4.79 Å². The maximum absolute atomic E-state index is 11.6. The van der Waals surface area contributed by atoms with E-state index in [1.807, 2.05) is 12.1 Å². The summed E-state index contributed by atoms with van der Waals surface area (Å²) in [6.07, 6.45) is 11.5. The number of carbonyl (C=O) groups excluding carboxylic acids is 1.